The molecule has 5 heteroatoms. The monoisotopic (exact) mass is 340 g/mol. The van der Waals surface area contributed by atoms with Gasteiger partial charge in [-0.15, -0.1) is 0 Å². The molecule has 0 amide bonds. The van der Waals surface area contributed by atoms with Gasteiger partial charge in [-0.25, -0.2) is 4.98 Å². The lowest BCUT2D eigenvalue weighted by Gasteiger charge is -2.21. The summed E-state index contributed by atoms with van der Waals surface area (Å²) in [5.74, 6) is 2.22. The molecule has 1 saturated carbocycles. The van der Waals surface area contributed by atoms with Crippen molar-refractivity contribution in [2.24, 2.45) is 5.92 Å². The zero-order chi connectivity index (χ0) is 18.0. The lowest BCUT2D eigenvalue weighted by molar-refractivity contribution is 0.248. The Labute approximate surface area is 149 Å². The maximum atomic E-state index is 9.59. The van der Waals surface area contributed by atoms with Crippen molar-refractivity contribution < 1.29 is 5.11 Å². The van der Waals surface area contributed by atoms with Crippen LogP contribution in [0.25, 0.3) is 0 Å². The number of aromatic nitrogens is 2. The Morgan fingerprint density at radius 1 is 1.16 bits per heavy atom. The van der Waals surface area contributed by atoms with Crippen molar-refractivity contribution >= 4 is 17.5 Å². The third-order valence-electron chi connectivity index (χ3n) is 4.71. The van der Waals surface area contributed by atoms with Gasteiger partial charge in [0.1, 0.15) is 5.82 Å². The molecule has 1 heterocycles. The Bertz CT molecular complexity index is 740. The molecule has 1 atom stereocenters. The number of benzene rings is 1. The summed E-state index contributed by atoms with van der Waals surface area (Å²) in [6, 6.07) is 8.35. The van der Waals surface area contributed by atoms with E-state index in [1.165, 1.54) is 24.0 Å². The van der Waals surface area contributed by atoms with Crippen LogP contribution in [0, 0.1) is 19.8 Å². The zero-order valence-corrected chi connectivity index (χ0v) is 15.5. The van der Waals surface area contributed by atoms with E-state index in [9.17, 15) is 5.11 Å². The van der Waals surface area contributed by atoms with Crippen molar-refractivity contribution in [1.82, 2.24) is 9.97 Å². The van der Waals surface area contributed by atoms with Crippen LogP contribution in [0.4, 0.5) is 17.5 Å². The Morgan fingerprint density at radius 3 is 2.56 bits per heavy atom. The number of nitrogens with one attached hydrogen (secondary N) is 2. The van der Waals surface area contributed by atoms with Crippen LogP contribution in [-0.4, -0.2) is 27.7 Å². The highest BCUT2D eigenvalue weighted by Crippen LogP contribution is 2.40. The van der Waals surface area contributed by atoms with Crippen molar-refractivity contribution in [1.29, 1.82) is 0 Å². The largest absolute Gasteiger partial charge is 0.394 e. The predicted octanol–water partition coefficient (Wildman–Crippen LogP) is 4.14. The van der Waals surface area contributed by atoms with Gasteiger partial charge in [0.15, 0.2) is 0 Å². The molecule has 3 N–H and O–H groups in total. The summed E-state index contributed by atoms with van der Waals surface area (Å²) in [5, 5.41) is 16.3. The van der Waals surface area contributed by atoms with Crippen LogP contribution in [-0.2, 0) is 0 Å². The fraction of sp³-hybridized carbons (Fsp3) is 0.500. The molecular weight excluding hydrogens is 312 g/mol. The van der Waals surface area contributed by atoms with E-state index in [4.69, 9.17) is 0 Å². The highest BCUT2D eigenvalue weighted by atomic mass is 16.3. The molecule has 1 aromatic carbocycles. The van der Waals surface area contributed by atoms with E-state index >= 15 is 0 Å². The molecule has 25 heavy (non-hydrogen) atoms. The molecule has 134 valence electrons. The third-order valence-corrected chi connectivity index (χ3v) is 4.71. The first kappa shape index (κ1) is 17.7. The fourth-order valence-corrected chi connectivity index (χ4v) is 2.78. The highest BCUT2D eigenvalue weighted by Gasteiger charge is 2.26. The molecule has 0 radical (unpaired) electrons. The number of aryl methyl sites for hydroxylation is 2. The normalized spacial score (nSPS) is 15.3. The van der Waals surface area contributed by atoms with Gasteiger partial charge in [0.2, 0.25) is 5.95 Å². The molecule has 0 aliphatic heterocycles. The summed E-state index contributed by atoms with van der Waals surface area (Å²) in [6.45, 7) is 8.39. The lowest BCUT2D eigenvalue weighted by Crippen LogP contribution is -2.30. The SMILES string of the molecule is Cc1ccc(C)c(Nc2cc(C3CC3)nc(N[C@@H](CO)C(C)C)n2)c1. The molecule has 1 aliphatic rings. The van der Waals surface area contributed by atoms with Gasteiger partial charge in [0.25, 0.3) is 0 Å². The first-order chi connectivity index (χ1) is 12.0. The fourth-order valence-electron chi connectivity index (χ4n) is 2.78. The summed E-state index contributed by atoms with van der Waals surface area (Å²) >= 11 is 0. The van der Waals surface area contributed by atoms with Crippen LogP contribution < -0.4 is 10.6 Å². The molecule has 0 unspecified atom stereocenters. The van der Waals surface area contributed by atoms with Crippen molar-refractivity contribution in [2.75, 3.05) is 17.2 Å². The van der Waals surface area contributed by atoms with Crippen molar-refractivity contribution in [2.45, 2.75) is 52.5 Å². The molecule has 3 rings (SSSR count). The summed E-state index contributed by atoms with van der Waals surface area (Å²) in [4.78, 5) is 9.31. The van der Waals surface area contributed by atoms with E-state index < -0.39 is 0 Å². The molecule has 1 fully saturated rings. The summed E-state index contributed by atoms with van der Waals surface area (Å²) < 4.78 is 0. The van der Waals surface area contributed by atoms with Gasteiger partial charge in [-0.3, -0.25) is 0 Å². The maximum Gasteiger partial charge on any atom is 0.225 e. The number of rotatable bonds is 7. The van der Waals surface area contributed by atoms with Crippen molar-refractivity contribution in [3.63, 3.8) is 0 Å². The highest BCUT2D eigenvalue weighted by molar-refractivity contribution is 5.62. The molecule has 0 spiro atoms. The second kappa shape index (κ2) is 7.40. The van der Waals surface area contributed by atoms with Gasteiger partial charge in [0.05, 0.1) is 18.3 Å². The molecular formula is C20H28N4O. The van der Waals surface area contributed by atoms with Crippen LogP contribution in [0.5, 0.6) is 0 Å². The average molecular weight is 340 g/mol. The number of aliphatic hydroxyl groups is 1. The third kappa shape index (κ3) is 4.48. The van der Waals surface area contributed by atoms with Crippen LogP contribution in [0.1, 0.15) is 49.4 Å². The Balaban J connectivity index is 1.89. The van der Waals surface area contributed by atoms with Crippen LogP contribution in [0.3, 0.4) is 0 Å². The number of hydrogen-bond acceptors (Lipinski definition) is 5. The maximum absolute atomic E-state index is 9.59. The summed E-state index contributed by atoms with van der Waals surface area (Å²) in [6.07, 6.45) is 2.37. The van der Waals surface area contributed by atoms with Crippen molar-refractivity contribution in [3.05, 3.63) is 41.1 Å². The van der Waals surface area contributed by atoms with Gasteiger partial charge in [0, 0.05) is 17.7 Å². The molecule has 2 aromatic rings. The first-order valence-corrected chi connectivity index (χ1v) is 9.07. The van der Waals surface area contributed by atoms with Gasteiger partial charge in [-0.2, -0.15) is 4.98 Å². The van der Waals surface area contributed by atoms with E-state index in [1.807, 2.05) is 6.07 Å². The number of anilines is 3. The smallest absolute Gasteiger partial charge is 0.225 e. The van der Waals surface area contributed by atoms with E-state index in [2.05, 4.69) is 66.5 Å². The molecule has 0 saturated heterocycles. The van der Waals surface area contributed by atoms with Gasteiger partial charge >= 0.3 is 0 Å². The Hall–Kier alpha value is -2.14. The molecule has 5 nitrogen and oxygen atoms in total. The average Bonchev–Trinajstić information content (AvgIpc) is 3.40. The summed E-state index contributed by atoms with van der Waals surface area (Å²) in [5.41, 5.74) is 4.53. The van der Waals surface area contributed by atoms with Gasteiger partial charge < -0.3 is 15.7 Å². The minimum atomic E-state index is -0.0528. The minimum absolute atomic E-state index is 0.0528. The topological polar surface area (TPSA) is 70.1 Å². The van der Waals surface area contributed by atoms with Crippen LogP contribution in [0.15, 0.2) is 24.3 Å². The number of aliphatic hydroxyl groups excluding tert-OH is 1. The second-order valence-corrected chi connectivity index (χ2v) is 7.40. The van der Waals surface area contributed by atoms with E-state index in [0.717, 1.165) is 17.2 Å². The number of nitrogens with zero attached hydrogens (tertiary/aromatic N) is 2. The molecule has 0 bridgehead atoms. The van der Waals surface area contributed by atoms with Gasteiger partial charge in [-0.1, -0.05) is 26.0 Å². The lowest BCUT2D eigenvalue weighted by atomic mass is 10.1. The van der Waals surface area contributed by atoms with Crippen LogP contribution >= 0.6 is 0 Å². The van der Waals surface area contributed by atoms with E-state index in [1.54, 1.807) is 0 Å². The standard InChI is InChI=1S/C20H28N4O/c1-12(2)18(11-25)23-20-22-17(15-7-8-15)10-19(24-20)21-16-9-13(3)5-6-14(16)4/h5-6,9-10,12,15,18,25H,7-8,11H2,1-4H3,(H2,21,22,23,24)/t18-/m0/s1. The van der Waals surface area contributed by atoms with Crippen LogP contribution in [0.2, 0.25) is 0 Å². The van der Waals surface area contributed by atoms with E-state index in [-0.39, 0.29) is 12.6 Å². The Morgan fingerprint density at radius 2 is 1.92 bits per heavy atom. The predicted molar refractivity (Wildman–Crippen MR) is 103 cm³/mol. The molecule has 1 aromatic heterocycles. The summed E-state index contributed by atoms with van der Waals surface area (Å²) in [7, 11) is 0. The minimum Gasteiger partial charge on any atom is -0.394 e. The van der Waals surface area contributed by atoms with E-state index in [0.29, 0.717) is 17.8 Å². The molecule has 1 aliphatic carbocycles. The first-order valence-electron chi connectivity index (χ1n) is 9.07. The quantitative estimate of drug-likeness (QED) is 0.706. The van der Waals surface area contributed by atoms with Crippen molar-refractivity contribution in [3.8, 4) is 0 Å². The Kier molecular flexibility index (Phi) is 5.23. The second-order valence-electron chi connectivity index (χ2n) is 7.40. The zero-order valence-electron chi connectivity index (χ0n) is 15.5. The number of hydrogen-bond donors (Lipinski definition) is 3. The van der Waals surface area contributed by atoms with Gasteiger partial charge in [-0.05, 0) is 49.8 Å².